The van der Waals surface area contributed by atoms with Gasteiger partial charge in [-0.1, -0.05) is 120 Å². The first-order valence-corrected chi connectivity index (χ1v) is 14.3. The second-order valence-corrected chi connectivity index (χ2v) is 11.0. The van der Waals surface area contributed by atoms with E-state index in [0.29, 0.717) is 12.8 Å². The van der Waals surface area contributed by atoms with Crippen molar-refractivity contribution in [3.63, 3.8) is 0 Å². The number of hydrogen-bond acceptors (Lipinski definition) is 6. The summed E-state index contributed by atoms with van der Waals surface area (Å²) in [5, 5.41) is 32.3. The molecule has 0 bridgehead atoms. The van der Waals surface area contributed by atoms with Gasteiger partial charge < -0.3 is 29.7 Å². The summed E-state index contributed by atoms with van der Waals surface area (Å²) in [5.74, 6) is -2.69. The number of aliphatic carboxylic acids is 3. The van der Waals surface area contributed by atoms with Crippen molar-refractivity contribution in [2.24, 2.45) is 16.2 Å². The number of carboxylic acids is 3. The maximum Gasteiger partial charge on any atom is 3.00 e. The Morgan fingerprint density at radius 2 is 0.757 bits per heavy atom. The third-order valence-corrected chi connectivity index (χ3v) is 7.59. The van der Waals surface area contributed by atoms with E-state index in [-0.39, 0.29) is 36.9 Å². The summed E-state index contributed by atoms with van der Waals surface area (Å²) in [4.78, 5) is 32.3. The van der Waals surface area contributed by atoms with Crippen LogP contribution in [0.2, 0.25) is 0 Å². The fourth-order valence-corrected chi connectivity index (χ4v) is 3.82. The van der Waals surface area contributed by atoms with Crippen molar-refractivity contribution in [2.45, 2.75) is 159 Å². The SMILES string of the molecule is CCCCC(C)(CCC)C(=O)[O-].CCCCCC(C)(CC)C(=O)[O-].CCCCCC(C)(CC)C(=O)[O-].[Lu+3]. The third-order valence-electron chi connectivity index (χ3n) is 7.59. The van der Waals surface area contributed by atoms with E-state index >= 15 is 0 Å². The van der Waals surface area contributed by atoms with Gasteiger partial charge in [0.05, 0.1) is 0 Å². The van der Waals surface area contributed by atoms with Crippen LogP contribution in [0.3, 0.4) is 0 Å². The van der Waals surface area contributed by atoms with Crippen molar-refractivity contribution in [1.82, 2.24) is 0 Å². The summed E-state index contributed by atoms with van der Waals surface area (Å²) in [6, 6.07) is 0. The van der Waals surface area contributed by atoms with Crippen LogP contribution in [0.25, 0.3) is 0 Å². The van der Waals surface area contributed by atoms with E-state index < -0.39 is 34.2 Å². The maximum atomic E-state index is 10.8. The molecule has 37 heavy (non-hydrogen) atoms. The van der Waals surface area contributed by atoms with E-state index in [1.165, 1.54) is 0 Å². The van der Waals surface area contributed by atoms with E-state index in [0.717, 1.165) is 83.5 Å². The van der Waals surface area contributed by atoms with E-state index in [1.54, 1.807) is 20.8 Å². The van der Waals surface area contributed by atoms with Crippen molar-refractivity contribution >= 4 is 17.9 Å². The smallest absolute Gasteiger partial charge is 0.550 e. The Hall–Kier alpha value is -0.356. The van der Waals surface area contributed by atoms with Gasteiger partial charge in [-0.15, -0.1) is 0 Å². The molecule has 0 fully saturated rings. The van der Waals surface area contributed by atoms with E-state index in [2.05, 4.69) is 20.8 Å². The summed E-state index contributed by atoms with van der Waals surface area (Å²) < 4.78 is 0. The normalized spacial score (nSPS) is 15.2. The van der Waals surface area contributed by atoms with Crippen LogP contribution in [0.5, 0.6) is 0 Å². The van der Waals surface area contributed by atoms with Crippen molar-refractivity contribution in [3.8, 4) is 0 Å². The Kier molecular flexibility index (Phi) is 29.1. The van der Waals surface area contributed by atoms with Gasteiger partial charge >= 0.3 is 36.9 Å². The zero-order chi connectivity index (χ0) is 28.8. The molecule has 0 N–H and O–H groups in total. The monoisotopic (exact) mass is 688 g/mol. The first-order chi connectivity index (χ1) is 16.7. The van der Waals surface area contributed by atoms with Crippen LogP contribution in [0.1, 0.15) is 159 Å². The van der Waals surface area contributed by atoms with Crippen molar-refractivity contribution in [2.75, 3.05) is 0 Å². The number of rotatable bonds is 18. The molecule has 0 saturated carbocycles. The van der Waals surface area contributed by atoms with Gasteiger partial charge in [-0.3, -0.25) is 0 Å². The molecule has 228 valence electrons. The predicted octanol–water partition coefficient (Wildman–Crippen LogP) is 5.20. The van der Waals surface area contributed by atoms with Crippen molar-refractivity contribution in [1.29, 1.82) is 0 Å². The minimum Gasteiger partial charge on any atom is -0.550 e. The standard InChI is InChI=1S/3C10H20O2.Lu/c2*1-4-6-7-8-10(3,5-2)9(11)12;1-4-6-8-10(3,7-5-2)9(11)12;/h3*4-8H2,1-3H3,(H,11,12);/q;;;+3/p-3. The number of carbonyl (C=O) groups is 3. The molecule has 0 spiro atoms. The molecule has 0 aromatic heterocycles. The van der Waals surface area contributed by atoms with E-state index in [9.17, 15) is 29.7 Å². The molecule has 0 aliphatic rings. The first-order valence-electron chi connectivity index (χ1n) is 14.3. The second kappa shape index (κ2) is 24.7. The molecule has 0 amide bonds. The quantitative estimate of drug-likeness (QED) is 0.183. The van der Waals surface area contributed by atoms with Crippen LogP contribution >= 0.6 is 0 Å². The number of unbranched alkanes of at least 4 members (excludes halogenated alkanes) is 5. The molecule has 0 radical (unpaired) electrons. The fourth-order valence-electron chi connectivity index (χ4n) is 3.82. The maximum absolute atomic E-state index is 10.8. The van der Waals surface area contributed by atoms with E-state index in [4.69, 9.17) is 0 Å². The molecule has 6 nitrogen and oxygen atoms in total. The topological polar surface area (TPSA) is 120 Å². The Morgan fingerprint density at radius 1 is 0.459 bits per heavy atom. The number of carbonyl (C=O) groups excluding carboxylic acids is 3. The first kappa shape index (κ1) is 43.7. The van der Waals surface area contributed by atoms with Crippen molar-refractivity contribution in [3.05, 3.63) is 0 Å². The summed E-state index contributed by atoms with van der Waals surface area (Å²) in [5.41, 5.74) is -1.80. The molecular formula is C30H57LuO6. The fraction of sp³-hybridized carbons (Fsp3) is 0.900. The molecule has 0 aromatic rings. The molecule has 3 unspecified atom stereocenters. The van der Waals surface area contributed by atoms with Gasteiger partial charge in [-0.2, -0.15) is 0 Å². The van der Waals surface area contributed by atoms with Crippen LogP contribution in [0.4, 0.5) is 0 Å². The van der Waals surface area contributed by atoms with Crippen LogP contribution in [0.15, 0.2) is 0 Å². The molecule has 0 saturated heterocycles. The van der Waals surface area contributed by atoms with Gasteiger partial charge in [-0.25, -0.2) is 0 Å². The van der Waals surface area contributed by atoms with Gasteiger partial charge in [0.25, 0.3) is 0 Å². The van der Waals surface area contributed by atoms with Crippen molar-refractivity contribution < 1.29 is 66.6 Å². The molecule has 0 rings (SSSR count). The summed E-state index contributed by atoms with van der Waals surface area (Å²) in [7, 11) is 0. The predicted molar refractivity (Wildman–Crippen MR) is 143 cm³/mol. The Balaban J connectivity index is -0.000000218. The molecule has 0 aliphatic heterocycles. The van der Waals surface area contributed by atoms with Gasteiger partial charge in [0.1, 0.15) is 0 Å². The van der Waals surface area contributed by atoms with Crippen LogP contribution < -0.4 is 15.3 Å². The minimum atomic E-state index is -0.902. The molecular weight excluding hydrogens is 631 g/mol. The van der Waals surface area contributed by atoms with Gasteiger partial charge in [0.15, 0.2) is 0 Å². The number of hydrogen-bond donors (Lipinski definition) is 0. The van der Waals surface area contributed by atoms with Crippen LogP contribution in [-0.2, 0) is 14.4 Å². The van der Waals surface area contributed by atoms with Gasteiger partial charge in [0, 0.05) is 34.2 Å². The largest absolute Gasteiger partial charge is 3.00 e. The average molecular weight is 689 g/mol. The van der Waals surface area contributed by atoms with Gasteiger partial charge in [-0.05, 0) is 38.5 Å². The van der Waals surface area contributed by atoms with Crippen LogP contribution in [-0.4, -0.2) is 17.9 Å². The molecule has 7 heteroatoms. The summed E-state index contributed by atoms with van der Waals surface area (Å²) >= 11 is 0. The van der Waals surface area contributed by atoms with Crippen LogP contribution in [0, 0.1) is 53.1 Å². The Labute approximate surface area is 258 Å². The minimum absolute atomic E-state index is 0. The molecule has 0 heterocycles. The second-order valence-electron chi connectivity index (χ2n) is 11.0. The van der Waals surface area contributed by atoms with E-state index in [1.807, 2.05) is 20.8 Å². The molecule has 0 aromatic carbocycles. The third kappa shape index (κ3) is 20.2. The summed E-state index contributed by atoms with van der Waals surface area (Å²) in [6.07, 6.45) is 13.7. The molecule has 0 aliphatic carbocycles. The Morgan fingerprint density at radius 3 is 0.973 bits per heavy atom. The zero-order valence-corrected chi connectivity index (χ0v) is 27.0. The summed E-state index contributed by atoms with van der Waals surface area (Å²) in [6.45, 7) is 17.5. The molecule has 3 atom stereocenters. The van der Waals surface area contributed by atoms with Gasteiger partial charge in [0.2, 0.25) is 0 Å². The average Bonchev–Trinajstić information content (AvgIpc) is 2.83. The zero-order valence-electron chi connectivity index (χ0n) is 25.3. The number of carboxylic acid groups (broad SMARTS) is 3. The Bertz CT molecular complexity index is 563.